The van der Waals surface area contributed by atoms with Gasteiger partial charge in [-0.25, -0.2) is 0 Å². The first-order valence-corrected chi connectivity index (χ1v) is 8.37. The standard InChI is InChI=1S/C17H24ClN3O2.ClH/c1-12(13(2)19)16(22)20-7-4-8-21(10-9-20)17(23)14-5-3-6-15(18)11-14;/h3,5-6,11-13H,4,7-10,19H2,1-2H3;1H. The summed E-state index contributed by atoms with van der Waals surface area (Å²) < 4.78 is 0. The number of hydrogen-bond acceptors (Lipinski definition) is 3. The molecule has 2 N–H and O–H groups in total. The zero-order valence-electron chi connectivity index (χ0n) is 14.1. The molecular weight excluding hydrogens is 349 g/mol. The van der Waals surface area contributed by atoms with Gasteiger partial charge in [-0.05, 0) is 31.5 Å². The number of carbonyl (C=O) groups excluding carboxylic acids is 2. The smallest absolute Gasteiger partial charge is 0.253 e. The number of carbonyl (C=O) groups is 2. The van der Waals surface area contributed by atoms with Crippen LogP contribution in [0.1, 0.15) is 30.6 Å². The molecule has 1 aromatic rings. The lowest BCUT2D eigenvalue weighted by molar-refractivity contribution is -0.135. The molecule has 1 heterocycles. The van der Waals surface area contributed by atoms with Gasteiger partial charge in [0.15, 0.2) is 0 Å². The number of nitrogens with zero attached hydrogens (tertiary/aromatic N) is 2. The van der Waals surface area contributed by atoms with E-state index in [0.717, 1.165) is 6.42 Å². The second-order valence-corrected chi connectivity index (χ2v) is 6.57. The van der Waals surface area contributed by atoms with Crippen LogP contribution >= 0.6 is 24.0 Å². The highest BCUT2D eigenvalue weighted by Crippen LogP contribution is 2.15. The van der Waals surface area contributed by atoms with Gasteiger partial charge >= 0.3 is 0 Å². The number of amides is 2. The number of hydrogen-bond donors (Lipinski definition) is 1. The van der Waals surface area contributed by atoms with Crippen LogP contribution in [0, 0.1) is 5.92 Å². The molecule has 5 nitrogen and oxygen atoms in total. The fourth-order valence-electron chi connectivity index (χ4n) is 2.66. The van der Waals surface area contributed by atoms with Gasteiger partial charge in [-0.1, -0.05) is 24.6 Å². The van der Waals surface area contributed by atoms with Crippen LogP contribution in [0.3, 0.4) is 0 Å². The van der Waals surface area contributed by atoms with E-state index in [9.17, 15) is 9.59 Å². The minimum atomic E-state index is -0.204. The van der Waals surface area contributed by atoms with E-state index in [4.69, 9.17) is 17.3 Å². The van der Waals surface area contributed by atoms with Gasteiger partial charge in [-0.15, -0.1) is 12.4 Å². The van der Waals surface area contributed by atoms with Gasteiger partial charge in [-0.2, -0.15) is 0 Å². The van der Waals surface area contributed by atoms with Gasteiger partial charge in [0.2, 0.25) is 5.91 Å². The monoisotopic (exact) mass is 373 g/mol. The summed E-state index contributed by atoms with van der Waals surface area (Å²) in [5.41, 5.74) is 6.41. The van der Waals surface area contributed by atoms with Crippen molar-refractivity contribution in [2.75, 3.05) is 26.2 Å². The van der Waals surface area contributed by atoms with Crippen LogP contribution in [0.5, 0.6) is 0 Å². The van der Waals surface area contributed by atoms with E-state index in [-0.39, 0.29) is 36.2 Å². The summed E-state index contributed by atoms with van der Waals surface area (Å²) >= 11 is 5.95. The molecule has 0 aliphatic carbocycles. The highest BCUT2D eigenvalue weighted by atomic mass is 35.5. The fraction of sp³-hybridized carbons (Fsp3) is 0.529. The van der Waals surface area contributed by atoms with Gasteiger partial charge in [0, 0.05) is 42.8 Å². The van der Waals surface area contributed by atoms with Crippen molar-refractivity contribution >= 4 is 35.8 Å². The van der Waals surface area contributed by atoms with Crippen molar-refractivity contribution in [3.05, 3.63) is 34.9 Å². The van der Waals surface area contributed by atoms with Crippen molar-refractivity contribution in [2.24, 2.45) is 11.7 Å². The Morgan fingerprint density at radius 1 is 1.12 bits per heavy atom. The second-order valence-electron chi connectivity index (χ2n) is 6.13. The Labute approximate surface area is 154 Å². The molecular formula is C17H25Cl2N3O2. The molecule has 0 bridgehead atoms. The summed E-state index contributed by atoms with van der Waals surface area (Å²) in [6, 6.07) is 6.79. The topological polar surface area (TPSA) is 66.6 Å². The largest absolute Gasteiger partial charge is 0.341 e. The zero-order valence-corrected chi connectivity index (χ0v) is 15.6. The van der Waals surface area contributed by atoms with Crippen LogP contribution in [0.15, 0.2) is 24.3 Å². The van der Waals surface area contributed by atoms with E-state index >= 15 is 0 Å². The second kappa shape index (κ2) is 9.25. The molecule has 2 rings (SSSR count). The Balaban J connectivity index is 0.00000288. The lowest BCUT2D eigenvalue weighted by atomic mass is 10.0. The number of nitrogens with two attached hydrogens (primary N) is 1. The molecule has 0 radical (unpaired) electrons. The highest BCUT2D eigenvalue weighted by Gasteiger charge is 2.27. The lowest BCUT2D eigenvalue weighted by Gasteiger charge is -2.26. The average molecular weight is 374 g/mol. The first-order valence-electron chi connectivity index (χ1n) is 7.99. The molecule has 1 aromatic carbocycles. The Hall–Kier alpha value is -1.30. The zero-order chi connectivity index (χ0) is 17.0. The molecule has 2 atom stereocenters. The van der Waals surface area contributed by atoms with Crippen LogP contribution < -0.4 is 5.73 Å². The molecule has 1 aliphatic heterocycles. The van der Waals surface area contributed by atoms with Crippen molar-refractivity contribution in [1.82, 2.24) is 9.80 Å². The van der Waals surface area contributed by atoms with Crippen LogP contribution in [0.25, 0.3) is 0 Å². The third-order valence-electron chi connectivity index (χ3n) is 4.34. The summed E-state index contributed by atoms with van der Waals surface area (Å²) in [5, 5.41) is 0.549. The minimum absolute atomic E-state index is 0. The van der Waals surface area contributed by atoms with Gasteiger partial charge in [0.05, 0.1) is 5.92 Å². The quantitative estimate of drug-likeness (QED) is 0.884. The van der Waals surface area contributed by atoms with Gasteiger partial charge in [0.1, 0.15) is 0 Å². The Morgan fingerprint density at radius 3 is 2.38 bits per heavy atom. The van der Waals surface area contributed by atoms with Gasteiger partial charge in [-0.3, -0.25) is 9.59 Å². The molecule has 2 unspecified atom stereocenters. The summed E-state index contributed by atoms with van der Waals surface area (Å²) in [6.45, 7) is 6.07. The lowest BCUT2D eigenvalue weighted by Crippen LogP contribution is -2.43. The Bertz CT molecular complexity index is 581. The maximum Gasteiger partial charge on any atom is 0.253 e. The predicted molar refractivity (Wildman–Crippen MR) is 98.6 cm³/mol. The normalized spacial score (nSPS) is 17.5. The maximum atomic E-state index is 12.6. The molecule has 0 aromatic heterocycles. The predicted octanol–water partition coefficient (Wildman–Crippen LogP) is 2.42. The van der Waals surface area contributed by atoms with E-state index in [2.05, 4.69) is 0 Å². The van der Waals surface area contributed by atoms with Crippen molar-refractivity contribution in [3.8, 4) is 0 Å². The molecule has 7 heteroatoms. The van der Waals surface area contributed by atoms with Crippen LogP contribution in [-0.2, 0) is 4.79 Å². The average Bonchev–Trinajstić information content (AvgIpc) is 2.78. The highest BCUT2D eigenvalue weighted by molar-refractivity contribution is 6.30. The fourth-order valence-corrected chi connectivity index (χ4v) is 2.85. The molecule has 1 fully saturated rings. The first kappa shape index (κ1) is 20.7. The number of rotatable bonds is 3. The Kier molecular flexibility index (Phi) is 8.00. The Morgan fingerprint density at radius 2 is 1.75 bits per heavy atom. The SMILES string of the molecule is CC(N)C(C)C(=O)N1CCCN(C(=O)c2cccc(Cl)c2)CC1.Cl. The van der Waals surface area contributed by atoms with Crippen molar-refractivity contribution in [2.45, 2.75) is 26.3 Å². The van der Waals surface area contributed by atoms with Gasteiger partial charge in [0.25, 0.3) is 5.91 Å². The summed E-state index contributed by atoms with van der Waals surface area (Å²) in [7, 11) is 0. The van der Waals surface area contributed by atoms with Crippen molar-refractivity contribution in [3.63, 3.8) is 0 Å². The van der Waals surface area contributed by atoms with Crippen LogP contribution in [0.2, 0.25) is 5.02 Å². The maximum absolute atomic E-state index is 12.6. The molecule has 2 amide bonds. The van der Waals surface area contributed by atoms with E-state index in [0.29, 0.717) is 36.8 Å². The van der Waals surface area contributed by atoms with Crippen LogP contribution in [-0.4, -0.2) is 53.8 Å². The molecule has 1 aliphatic rings. The summed E-state index contributed by atoms with van der Waals surface area (Å²) in [4.78, 5) is 28.6. The number of halogens is 2. The minimum Gasteiger partial charge on any atom is -0.341 e. The molecule has 134 valence electrons. The molecule has 0 spiro atoms. The molecule has 24 heavy (non-hydrogen) atoms. The van der Waals surface area contributed by atoms with E-state index in [1.165, 1.54) is 0 Å². The van der Waals surface area contributed by atoms with Gasteiger partial charge < -0.3 is 15.5 Å². The molecule has 1 saturated heterocycles. The summed E-state index contributed by atoms with van der Waals surface area (Å²) in [6.07, 6.45) is 0.768. The van der Waals surface area contributed by atoms with Crippen molar-refractivity contribution in [1.29, 1.82) is 0 Å². The first-order chi connectivity index (χ1) is 10.9. The number of benzene rings is 1. The van der Waals surface area contributed by atoms with E-state index in [1.807, 2.05) is 18.7 Å². The third-order valence-corrected chi connectivity index (χ3v) is 4.58. The third kappa shape index (κ3) is 5.10. The van der Waals surface area contributed by atoms with E-state index < -0.39 is 0 Å². The van der Waals surface area contributed by atoms with E-state index in [1.54, 1.807) is 29.2 Å². The molecule has 0 saturated carbocycles. The van der Waals surface area contributed by atoms with Crippen molar-refractivity contribution < 1.29 is 9.59 Å². The van der Waals surface area contributed by atoms with Crippen LogP contribution in [0.4, 0.5) is 0 Å². The summed E-state index contributed by atoms with van der Waals surface area (Å²) in [5.74, 6) is -0.177.